The van der Waals surface area contributed by atoms with E-state index < -0.39 is 21.1 Å². The van der Waals surface area contributed by atoms with Crippen molar-refractivity contribution in [2.75, 3.05) is 20.9 Å². The van der Waals surface area contributed by atoms with Gasteiger partial charge in [0.25, 0.3) is 0 Å². The van der Waals surface area contributed by atoms with E-state index >= 15 is 0 Å². The molecule has 1 aliphatic heterocycles. The molecule has 0 saturated carbocycles. The maximum atomic E-state index is 14.3. The molecule has 0 aliphatic carbocycles. The number of hydrogen-bond acceptors (Lipinski definition) is 8. The molecule has 0 fully saturated rings. The van der Waals surface area contributed by atoms with Gasteiger partial charge in [-0.25, -0.2) is 17.6 Å². The van der Waals surface area contributed by atoms with Crippen LogP contribution >= 0.6 is 22.6 Å². The van der Waals surface area contributed by atoms with Crippen molar-refractivity contribution in [1.29, 1.82) is 0 Å². The summed E-state index contributed by atoms with van der Waals surface area (Å²) in [5.41, 5.74) is 1.56. The van der Waals surface area contributed by atoms with E-state index in [1.165, 1.54) is 10.4 Å². The number of sulfonamides is 1. The molecule has 1 N–H and O–H groups in total. The van der Waals surface area contributed by atoms with Crippen molar-refractivity contribution in [3.8, 4) is 11.5 Å². The number of amidine groups is 1. The average Bonchev–Trinajstić information content (AvgIpc) is 3.43. The van der Waals surface area contributed by atoms with Crippen LogP contribution in [0.2, 0.25) is 0 Å². The van der Waals surface area contributed by atoms with Gasteiger partial charge in [-0.2, -0.15) is 9.42 Å². The Bertz CT molecular complexity index is 1430. The fraction of sp³-hybridized carbons (Fsp3) is 0.208. The summed E-state index contributed by atoms with van der Waals surface area (Å²) in [6.45, 7) is 0.0439. The number of nitrogens with zero attached hydrogens (tertiary/aromatic N) is 4. The van der Waals surface area contributed by atoms with Crippen LogP contribution in [0.1, 0.15) is 16.7 Å². The summed E-state index contributed by atoms with van der Waals surface area (Å²) in [5, 5.41) is 7.83. The summed E-state index contributed by atoms with van der Waals surface area (Å²) >= 11 is -0.625. The molecular weight excluding hydrogens is 631 g/mol. The average molecular weight is 655 g/mol. The molecule has 1 heterocycles. The number of ether oxygens (including phenoxy) is 2. The monoisotopic (exact) mass is 654 g/mol. The summed E-state index contributed by atoms with van der Waals surface area (Å²) in [7, 11) is -1.27. The van der Waals surface area contributed by atoms with E-state index in [0.717, 1.165) is 0 Å². The van der Waals surface area contributed by atoms with Crippen molar-refractivity contribution in [3.05, 3.63) is 80.9 Å². The summed E-state index contributed by atoms with van der Waals surface area (Å²) in [6, 6.07) is 16.9. The molecule has 37 heavy (non-hydrogen) atoms. The first-order valence-corrected chi connectivity index (χ1v) is 14.5. The molecule has 0 radical (unpaired) electrons. The fourth-order valence-corrected chi connectivity index (χ4v) is 7.25. The van der Waals surface area contributed by atoms with Crippen molar-refractivity contribution < 1.29 is 26.7 Å². The Balaban J connectivity index is 1.87. The fourth-order valence-electron chi connectivity index (χ4n) is 3.72. The Hall–Kier alpha value is -2.72. The highest BCUT2D eigenvalue weighted by molar-refractivity contribution is 14.1. The number of azo groups is 1. The summed E-state index contributed by atoms with van der Waals surface area (Å²) < 4.78 is 63.3. The third kappa shape index (κ3) is 6.06. The van der Waals surface area contributed by atoms with Crippen LogP contribution in [0.25, 0.3) is 0 Å². The van der Waals surface area contributed by atoms with Crippen LogP contribution in [0.4, 0.5) is 0 Å². The molecule has 0 bridgehead atoms. The van der Waals surface area contributed by atoms with Crippen LogP contribution in [0.5, 0.6) is 11.5 Å². The lowest BCUT2D eigenvalue weighted by Gasteiger charge is -2.25. The molecule has 10 nitrogen and oxygen atoms in total. The molecule has 0 spiro atoms. The first-order valence-electron chi connectivity index (χ1n) is 10.9. The van der Waals surface area contributed by atoms with Crippen molar-refractivity contribution in [2.45, 2.75) is 22.9 Å². The molecule has 1 unspecified atom stereocenters. The third-order valence-corrected chi connectivity index (χ3v) is 9.19. The summed E-state index contributed by atoms with van der Waals surface area (Å²) in [4.78, 5) is 3.62. The number of aliphatic imine (C=N–C) groups is 1. The normalized spacial score (nSPS) is 14.0. The van der Waals surface area contributed by atoms with E-state index in [4.69, 9.17) is 9.47 Å². The lowest BCUT2D eigenvalue weighted by atomic mass is 10.2. The first kappa shape index (κ1) is 27.3. The third-order valence-electron chi connectivity index (χ3n) is 5.57. The molecule has 0 aromatic heterocycles. The van der Waals surface area contributed by atoms with E-state index in [1.807, 2.05) is 22.6 Å². The van der Waals surface area contributed by atoms with Gasteiger partial charge in [0, 0.05) is 16.7 Å². The number of benzene rings is 3. The highest BCUT2D eigenvalue weighted by atomic mass is 127. The Labute approximate surface area is 230 Å². The van der Waals surface area contributed by atoms with E-state index in [-0.39, 0.29) is 40.9 Å². The molecular formula is C24H23IN4O6S2. The molecule has 1 atom stereocenters. The standard InChI is InChI=1S/C24H23IN4O6S2/c1-34-18-7-3-16(4-8-18)13-29(14-17-5-9-19(35-2)10-6-17)37(32,33)23-21(36(30)31)12-11-20(25)22(23)24-26-15-27-28-24/h3-12H,13-15H2,1-2H3,(H,30,31). The minimum absolute atomic E-state index is 0.00519. The topological polar surface area (TPSA) is 130 Å². The van der Waals surface area contributed by atoms with Crippen LogP contribution in [-0.4, -0.2) is 48.2 Å². The quantitative estimate of drug-likeness (QED) is 0.254. The van der Waals surface area contributed by atoms with Gasteiger partial charge in [0.2, 0.25) is 10.0 Å². The van der Waals surface area contributed by atoms with Gasteiger partial charge in [-0.05, 0) is 70.1 Å². The van der Waals surface area contributed by atoms with Crippen LogP contribution in [0, 0.1) is 3.57 Å². The van der Waals surface area contributed by atoms with Gasteiger partial charge >= 0.3 is 0 Å². The molecule has 3 aromatic rings. The predicted octanol–water partition coefficient (Wildman–Crippen LogP) is 4.45. The largest absolute Gasteiger partial charge is 0.497 e. The molecule has 194 valence electrons. The molecule has 1 aliphatic rings. The maximum absolute atomic E-state index is 14.3. The second-order valence-corrected chi connectivity index (χ2v) is 11.8. The van der Waals surface area contributed by atoms with E-state index in [1.54, 1.807) is 68.8 Å². The zero-order chi connectivity index (χ0) is 26.6. The molecule has 0 saturated heterocycles. The lowest BCUT2D eigenvalue weighted by Crippen LogP contribution is -2.32. The Morgan fingerprint density at radius 3 is 1.92 bits per heavy atom. The molecule has 0 amide bonds. The van der Waals surface area contributed by atoms with Crippen LogP contribution < -0.4 is 9.47 Å². The van der Waals surface area contributed by atoms with Gasteiger partial charge in [0.15, 0.2) is 23.6 Å². The minimum atomic E-state index is -4.36. The smallest absolute Gasteiger partial charge is 0.245 e. The second-order valence-electron chi connectivity index (χ2n) is 7.83. The molecule has 3 aromatic carbocycles. The highest BCUT2D eigenvalue weighted by Gasteiger charge is 2.35. The zero-order valence-corrected chi connectivity index (χ0v) is 23.7. The Morgan fingerprint density at radius 2 is 1.49 bits per heavy atom. The van der Waals surface area contributed by atoms with Crippen molar-refractivity contribution >= 4 is 49.5 Å². The Morgan fingerprint density at radius 1 is 0.946 bits per heavy atom. The van der Waals surface area contributed by atoms with Gasteiger partial charge in [-0.3, -0.25) is 0 Å². The number of hydrogen-bond donors (Lipinski definition) is 1. The van der Waals surface area contributed by atoms with Gasteiger partial charge in [0.1, 0.15) is 16.4 Å². The summed E-state index contributed by atoms with van der Waals surface area (Å²) in [6.07, 6.45) is 0. The van der Waals surface area contributed by atoms with E-state index in [0.29, 0.717) is 26.2 Å². The number of halogens is 1. The summed E-state index contributed by atoms with van der Waals surface area (Å²) in [5.74, 6) is 1.37. The Kier molecular flexibility index (Phi) is 8.69. The number of rotatable bonds is 10. The highest BCUT2D eigenvalue weighted by Crippen LogP contribution is 2.33. The van der Waals surface area contributed by atoms with Crippen molar-refractivity contribution in [2.24, 2.45) is 15.2 Å². The molecule has 4 rings (SSSR count). The minimum Gasteiger partial charge on any atom is -0.497 e. The van der Waals surface area contributed by atoms with Gasteiger partial charge in [-0.15, -0.1) is 5.11 Å². The number of methoxy groups -OCH3 is 2. The predicted molar refractivity (Wildman–Crippen MR) is 147 cm³/mol. The van der Waals surface area contributed by atoms with Gasteiger partial charge < -0.3 is 14.0 Å². The van der Waals surface area contributed by atoms with Gasteiger partial charge in [-0.1, -0.05) is 24.3 Å². The SMILES string of the molecule is COc1ccc(CN(Cc2ccc(OC)cc2)S(=O)(=O)c2c(S(=O)O)ccc(I)c2C2=NCN=N2)cc1. The second kappa shape index (κ2) is 11.8. The van der Waals surface area contributed by atoms with Crippen LogP contribution in [-0.2, 0) is 34.2 Å². The molecule has 13 heteroatoms. The van der Waals surface area contributed by atoms with Crippen molar-refractivity contribution in [3.63, 3.8) is 0 Å². The van der Waals surface area contributed by atoms with E-state index in [9.17, 15) is 17.2 Å². The van der Waals surface area contributed by atoms with Gasteiger partial charge in [0.05, 0.1) is 24.7 Å². The zero-order valence-electron chi connectivity index (χ0n) is 19.9. The maximum Gasteiger partial charge on any atom is 0.245 e. The van der Waals surface area contributed by atoms with Crippen LogP contribution in [0.3, 0.4) is 0 Å². The van der Waals surface area contributed by atoms with Crippen molar-refractivity contribution in [1.82, 2.24) is 4.31 Å². The first-order chi connectivity index (χ1) is 17.7. The van der Waals surface area contributed by atoms with E-state index in [2.05, 4.69) is 15.2 Å². The lowest BCUT2D eigenvalue weighted by molar-refractivity contribution is 0.396. The van der Waals surface area contributed by atoms with Crippen LogP contribution in [0.15, 0.2) is 85.7 Å².